The number of hydrogen-bond acceptors (Lipinski definition) is 5. The number of piperidine rings is 1. The fourth-order valence-electron chi connectivity index (χ4n) is 5.09. The molecule has 1 aliphatic heterocycles. The second-order valence-electron chi connectivity index (χ2n) is 9.18. The highest BCUT2D eigenvalue weighted by Crippen LogP contribution is 2.39. The zero-order chi connectivity index (χ0) is 24.9. The van der Waals surface area contributed by atoms with E-state index in [1.807, 2.05) is 72.8 Å². The summed E-state index contributed by atoms with van der Waals surface area (Å²) < 4.78 is 0. The summed E-state index contributed by atoms with van der Waals surface area (Å²) in [5.41, 5.74) is 0.560. The van der Waals surface area contributed by atoms with Crippen molar-refractivity contribution in [2.24, 2.45) is 5.29 Å². The average Bonchev–Trinajstić information content (AvgIpc) is 2.91. The molecule has 182 valence electrons. The molecule has 4 rings (SSSR count). The zero-order valence-electron chi connectivity index (χ0n) is 19.8. The minimum Gasteiger partial charge on any atom is -0.385 e. The number of nitrogens with zero attached hydrogens (tertiary/aromatic N) is 3. The van der Waals surface area contributed by atoms with Gasteiger partial charge in [0.25, 0.3) is 5.91 Å². The Kier molecular flexibility index (Phi) is 7.65. The van der Waals surface area contributed by atoms with Crippen molar-refractivity contribution in [3.05, 3.63) is 112 Å². The summed E-state index contributed by atoms with van der Waals surface area (Å²) >= 11 is 6.02. The number of halogens is 1. The van der Waals surface area contributed by atoms with E-state index < -0.39 is 11.0 Å². The van der Waals surface area contributed by atoms with Gasteiger partial charge in [0, 0.05) is 25.2 Å². The molecule has 0 saturated carbocycles. The van der Waals surface area contributed by atoms with E-state index in [2.05, 4.69) is 10.2 Å². The molecule has 0 atom stereocenters. The van der Waals surface area contributed by atoms with Gasteiger partial charge < -0.3 is 10.0 Å². The lowest BCUT2D eigenvalue weighted by Gasteiger charge is -2.41. The number of aliphatic hydroxyl groups is 1. The number of amides is 1. The summed E-state index contributed by atoms with van der Waals surface area (Å²) in [6, 6.07) is 26.5. The molecule has 0 spiro atoms. The molecule has 1 N–H and O–H groups in total. The van der Waals surface area contributed by atoms with Crippen LogP contribution >= 0.6 is 11.6 Å². The summed E-state index contributed by atoms with van der Waals surface area (Å²) in [7, 11) is 1.41. The van der Waals surface area contributed by atoms with Crippen molar-refractivity contribution < 1.29 is 9.90 Å². The van der Waals surface area contributed by atoms with Gasteiger partial charge in [-0.2, -0.15) is 5.01 Å². The summed E-state index contributed by atoms with van der Waals surface area (Å²) in [5, 5.41) is 15.7. The van der Waals surface area contributed by atoms with Crippen molar-refractivity contribution >= 4 is 17.5 Å². The Morgan fingerprint density at radius 2 is 1.49 bits per heavy atom. The van der Waals surface area contributed by atoms with Crippen LogP contribution in [0.15, 0.2) is 90.2 Å². The number of carbonyl (C=O) groups is 1. The second kappa shape index (κ2) is 10.7. The average molecular weight is 492 g/mol. The molecule has 3 aromatic rings. The van der Waals surface area contributed by atoms with Gasteiger partial charge in [-0.1, -0.05) is 84.4 Å². The number of rotatable bonds is 8. The molecule has 0 bridgehead atoms. The molecule has 0 unspecified atom stereocenters. The molecule has 1 aliphatic rings. The molecule has 1 saturated heterocycles. The number of nitroso groups, excluding NO2 is 1. The van der Waals surface area contributed by atoms with Gasteiger partial charge in [0.1, 0.15) is 5.41 Å². The third-order valence-corrected chi connectivity index (χ3v) is 7.43. The van der Waals surface area contributed by atoms with Gasteiger partial charge in [-0.15, -0.1) is 4.91 Å². The van der Waals surface area contributed by atoms with Crippen LogP contribution in [0.25, 0.3) is 0 Å². The molecule has 3 aromatic carbocycles. The highest BCUT2D eigenvalue weighted by Gasteiger charge is 2.45. The number of hydrogen-bond donors (Lipinski definition) is 1. The lowest BCUT2D eigenvalue weighted by molar-refractivity contribution is -0.135. The molecule has 0 aromatic heterocycles. The van der Waals surface area contributed by atoms with Crippen LogP contribution in [-0.2, 0) is 15.8 Å². The van der Waals surface area contributed by atoms with Gasteiger partial charge in [0.05, 0.1) is 10.9 Å². The van der Waals surface area contributed by atoms with Crippen molar-refractivity contribution in [1.29, 1.82) is 0 Å². The van der Waals surface area contributed by atoms with Crippen LogP contribution in [0.5, 0.6) is 0 Å². The molecule has 1 amide bonds. The Bertz CT molecular complexity index is 1090. The van der Waals surface area contributed by atoms with E-state index in [0.29, 0.717) is 43.9 Å². The van der Waals surface area contributed by atoms with Gasteiger partial charge in [0.2, 0.25) is 0 Å². The van der Waals surface area contributed by atoms with Crippen molar-refractivity contribution in [2.75, 3.05) is 26.7 Å². The van der Waals surface area contributed by atoms with E-state index >= 15 is 0 Å². The minimum absolute atomic E-state index is 0.362. The van der Waals surface area contributed by atoms with Gasteiger partial charge >= 0.3 is 0 Å². The largest absolute Gasteiger partial charge is 0.385 e. The summed E-state index contributed by atoms with van der Waals surface area (Å²) in [5.74, 6) is -0.362. The summed E-state index contributed by atoms with van der Waals surface area (Å²) in [6.07, 6.45) is 1.64. The fourth-order valence-corrected chi connectivity index (χ4v) is 5.22. The highest BCUT2D eigenvalue weighted by molar-refractivity contribution is 6.30. The number of carbonyl (C=O) groups excluding carboxylic acids is 1. The monoisotopic (exact) mass is 491 g/mol. The van der Waals surface area contributed by atoms with Gasteiger partial charge in [-0.3, -0.25) is 4.79 Å². The number of likely N-dealkylation sites (tertiary alicyclic amines) is 1. The molecule has 35 heavy (non-hydrogen) atoms. The molecule has 6 nitrogen and oxygen atoms in total. The molecular weight excluding hydrogens is 462 g/mol. The van der Waals surface area contributed by atoms with Crippen molar-refractivity contribution in [3.63, 3.8) is 0 Å². The number of benzene rings is 3. The van der Waals surface area contributed by atoms with Gasteiger partial charge in [-0.25, -0.2) is 0 Å². The maximum absolute atomic E-state index is 13.7. The van der Waals surface area contributed by atoms with Crippen LogP contribution in [0.1, 0.15) is 36.0 Å². The van der Waals surface area contributed by atoms with Crippen molar-refractivity contribution in [1.82, 2.24) is 9.91 Å². The zero-order valence-corrected chi connectivity index (χ0v) is 20.6. The first-order valence-corrected chi connectivity index (χ1v) is 12.2. The molecule has 1 fully saturated rings. The van der Waals surface area contributed by atoms with E-state index in [1.165, 1.54) is 7.05 Å². The Morgan fingerprint density at radius 1 is 0.971 bits per heavy atom. The topological polar surface area (TPSA) is 73.2 Å². The summed E-state index contributed by atoms with van der Waals surface area (Å²) in [4.78, 5) is 27.4. The fraction of sp³-hybridized carbons (Fsp3) is 0.321. The smallest absolute Gasteiger partial charge is 0.260 e. The van der Waals surface area contributed by atoms with Crippen LogP contribution in [0.2, 0.25) is 5.02 Å². The Hall–Kier alpha value is -3.06. The summed E-state index contributed by atoms with van der Waals surface area (Å²) in [6.45, 7) is 2.00. The van der Waals surface area contributed by atoms with Crippen LogP contribution < -0.4 is 0 Å². The third-order valence-electron chi connectivity index (χ3n) is 7.18. The van der Waals surface area contributed by atoms with Crippen molar-refractivity contribution in [3.8, 4) is 0 Å². The van der Waals surface area contributed by atoms with Crippen LogP contribution in [0, 0.1) is 4.91 Å². The van der Waals surface area contributed by atoms with Crippen molar-refractivity contribution in [2.45, 2.75) is 30.3 Å². The Morgan fingerprint density at radius 3 is 1.97 bits per heavy atom. The van der Waals surface area contributed by atoms with E-state index in [9.17, 15) is 14.8 Å². The predicted octanol–water partition coefficient (Wildman–Crippen LogP) is 5.14. The third kappa shape index (κ3) is 5.15. The second-order valence-corrected chi connectivity index (χ2v) is 9.61. The van der Waals surface area contributed by atoms with E-state index in [-0.39, 0.29) is 5.91 Å². The first-order chi connectivity index (χ1) is 16.9. The Labute approximate surface area is 211 Å². The quantitative estimate of drug-likeness (QED) is 0.350. The number of likely N-dealkylation sites (N-methyl/N-ethyl adjacent to an activating group) is 1. The molecular formula is C28H30ClN3O3. The molecule has 0 aliphatic carbocycles. The molecule has 0 radical (unpaired) electrons. The highest BCUT2D eigenvalue weighted by atomic mass is 35.5. The Balaban J connectivity index is 1.59. The standard InChI is InChI=1S/C28H30ClN3O3/c1-31(30-35)26(33)28(23-8-4-2-5-9-23,24-10-6-3-7-11-24)18-21-32-19-16-27(34,17-20-32)22-12-14-25(29)15-13-22/h2-15,34H,16-21H2,1H3. The van der Waals surface area contributed by atoms with Gasteiger partial charge in [0.15, 0.2) is 0 Å². The molecule has 1 heterocycles. The van der Waals surface area contributed by atoms with E-state index in [4.69, 9.17) is 11.6 Å². The van der Waals surface area contributed by atoms with Crippen LogP contribution in [0.3, 0.4) is 0 Å². The van der Waals surface area contributed by atoms with E-state index in [1.54, 1.807) is 12.1 Å². The van der Waals surface area contributed by atoms with E-state index in [0.717, 1.165) is 21.7 Å². The first-order valence-electron chi connectivity index (χ1n) is 11.8. The van der Waals surface area contributed by atoms with Gasteiger partial charge in [-0.05, 0) is 54.6 Å². The molecule has 7 heteroatoms. The predicted molar refractivity (Wildman–Crippen MR) is 138 cm³/mol. The lowest BCUT2D eigenvalue weighted by Crippen LogP contribution is -2.48. The lowest BCUT2D eigenvalue weighted by atomic mass is 9.70. The maximum atomic E-state index is 13.7. The maximum Gasteiger partial charge on any atom is 0.260 e. The minimum atomic E-state index is -1.06. The first kappa shape index (κ1) is 25.0. The van der Waals surface area contributed by atoms with Crippen LogP contribution in [0.4, 0.5) is 0 Å². The normalized spacial score (nSPS) is 16.0. The van der Waals surface area contributed by atoms with Crippen LogP contribution in [-0.4, -0.2) is 47.6 Å². The SMILES string of the molecule is CN(N=O)C(=O)C(CCN1CCC(O)(c2ccc(Cl)cc2)CC1)(c1ccccc1)c1ccccc1.